The number of ether oxygens (including phenoxy) is 1. The van der Waals surface area contributed by atoms with Crippen molar-refractivity contribution in [2.24, 2.45) is 0 Å². The van der Waals surface area contributed by atoms with Crippen LogP contribution in [0.25, 0.3) is 22.3 Å². The van der Waals surface area contributed by atoms with Gasteiger partial charge in [0.25, 0.3) is 5.69 Å². The molecule has 0 saturated carbocycles. The number of ketones is 1. The molecule has 6 nitrogen and oxygen atoms in total. The summed E-state index contributed by atoms with van der Waals surface area (Å²) in [7, 11) is 1.51. The number of carbonyl (C=O) groups is 1. The third-order valence-electron chi connectivity index (χ3n) is 5.26. The number of hydrogen-bond donors (Lipinski definition) is 1. The summed E-state index contributed by atoms with van der Waals surface area (Å²) < 4.78 is 5.20. The van der Waals surface area contributed by atoms with Crippen LogP contribution in [-0.4, -0.2) is 22.9 Å². The average molecular weight is 460 g/mol. The maximum atomic E-state index is 13.5. The fourth-order valence-electron chi connectivity index (χ4n) is 3.70. The summed E-state index contributed by atoms with van der Waals surface area (Å²) in [6.45, 7) is 0. The molecular formula is C26H18ClNO5. The molecule has 0 unspecified atom stereocenters. The largest absolute Gasteiger partial charge is 0.507 e. The zero-order chi connectivity index (χ0) is 23.5. The molecule has 1 N–H and O–H groups in total. The zero-order valence-corrected chi connectivity index (χ0v) is 18.2. The second kappa shape index (κ2) is 9.14. The Balaban J connectivity index is 2.07. The van der Waals surface area contributed by atoms with Crippen LogP contribution >= 0.6 is 11.6 Å². The van der Waals surface area contributed by atoms with E-state index in [0.29, 0.717) is 21.9 Å². The van der Waals surface area contributed by atoms with Gasteiger partial charge >= 0.3 is 0 Å². The first kappa shape index (κ1) is 22.0. The average Bonchev–Trinajstić information content (AvgIpc) is 2.84. The molecule has 0 fully saturated rings. The van der Waals surface area contributed by atoms with Gasteiger partial charge in [-0.3, -0.25) is 14.9 Å². The number of methoxy groups -OCH3 is 1. The highest BCUT2D eigenvalue weighted by molar-refractivity contribution is 6.30. The fraction of sp³-hybridized carbons (Fsp3) is 0.0385. The van der Waals surface area contributed by atoms with Crippen molar-refractivity contribution in [1.29, 1.82) is 0 Å². The predicted molar refractivity (Wildman–Crippen MR) is 127 cm³/mol. The summed E-state index contributed by atoms with van der Waals surface area (Å²) in [4.78, 5) is 25.3. The second-order valence-corrected chi connectivity index (χ2v) is 7.67. The maximum absolute atomic E-state index is 13.5. The molecule has 0 radical (unpaired) electrons. The van der Waals surface area contributed by atoms with Crippen LogP contribution in [0.4, 0.5) is 5.69 Å². The van der Waals surface area contributed by atoms with Crippen LogP contribution in [0, 0.1) is 10.1 Å². The van der Waals surface area contributed by atoms with Gasteiger partial charge < -0.3 is 9.84 Å². The Hall–Kier alpha value is -4.16. The second-order valence-electron chi connectivity index (χ2n) is 7.23. The molecule has 0 aromatic heterocycles. The normalized spacial score (nSPS) is 10.6. The number of carbonyl (C=O) groups excluding carboxylic acids is 1. The molecule has 0 heterocycles. The number of rotatable bonds is 6. The molecule has 0 amide bonds. The van der Waals surface area contributed by atoms with Crippen LogP contribution in [0.5, 0.6) is 11.5 Å². The van der Waals surface area contributed by atoms with Gasteiger partial charge in [0.15, 0.2) is 5.78 Å². The monoisotopic (exact) mass is 459 g/mol. The number of nitro groups is 1. The van der Waals surface area contributed by atoms with Crippen molar-refractivity contribution < 1.29 is 19.6 Å². The smallest absolute Gasteiger partial charge is 0.285 e. The first-order valence-corrected chi connectivity index (χ1v) is 10.3. The molecule has 4 aromatic rings. The van der Waals surface area contributed by atoms with E-state index in [1.54, 1.807) is 66.7 Å². The van der Waals surface area contributed by atoms with Crippen molar-refractivity contribution in [3.63, 3.8) is 0 Å². The van der Waals surface area contributed by atoms with Crippen LogP contribution in [0.1, 0.15) is 15.9 Å². The minimum absolute atomic E-state index is 0.0291. The number of aromatic hydroxyl groups is 1. The summed E-state index contributed by atoms with van der Waals surface area (Å²) in [5.41, 5.74) is 0.979. The summed E-state index contributed by atoms with van der Waals surface area (Å²) in [5, 5.41) is 23.8. The van der Waals surface area contributed by atoms with E-state index in [-0.39, 0.29) is 33.7 Å². The van der Waals surface area contributed by atoms with Gasteiger partial charge in [-0.2, -0.15) is 0 Å². The van der Waals surface area contributed by atoms with E-state index in [4.69, 9.17) is 16.3 Å². The van der Waals surface area contributed by atoms with Gasteiger partial charge in [0.2, 0.25) is 0 Å². The Labute approximate surface area is 194 Å². The lowest BCUT2D eigenvalue weighted by molar-refractivity contribution is -0.383. The molecule has 0 aliphatic rings. The molecule has 4 rings (SSSR count). The number of nitrogens with zero attached hydrogens (tertiary/aromatic N) is 1. The van der Waals surface area contributed by atoms with Crippen LogP contribution in [-0.2, 0) is 0 Å². The summed E-state index contributed by atoms with van der Waals surface area (Å²) in [5.74, 6) is -0.363. The van der Waals surface area contributed by atoms with Crippen LogP contribution in [0.3, 0.4) is 0 Å². The van der Waals surface area contributed by atoms with Gasteiger partial charge in [-0.25, -0.2) is 0 Å². The number of hydrogen-bond acceptors (Lipinski definition) is 5. The molecule has 4 aromatic carbocycles. The Morgan fingerprint density at radius 2 is 1.58 bits per heavy atom. The van der Waals surface area contributed by atoms with E-state index >= 15 is 0 Å². The first-order valence-electron chi connectivity index (χ1n) is 9.95. The Morgan fingerprint density at radius 3 is 2.15 bits per heavy atom. The Bertz CT molecular complexity index is 1330. The van der Waals surface area contributed by atoms with E-state index in [9.17, 15) is 20.0 Å². The summed E-state index contributed by atoms with van der Waals surface area (Å²) in [6.07, 6.45) is 0. The van der Waals surface area contributed by atoms with E-state index in [1.165, 1.54) is 25.3 Å². The predicted octanol–water partition coefficient (Wildman–Crippen LogP) is 6.53. The number of halogens is 1. The Kier molecular flexibility index (Phi) is 6.11. The van der Waals surface area contributed by atoms with Crippen molar-refractivity contribution >= 4 is 23.1 Å². The van der Waals surface area contributed by atoms with E-state index in [0.717, 1.165) is 0 Å². The molecule has 0 saturated heterocycles. The SMILES string of the molecule is COc1ccc(-c2c(C(=O)c3ccc(Cl)cc3)c(O)cc(-c3ccccc3)c2[N+](=O)[O-])cc1. The molecule has 0 aliphatic heterocycles. The minimum atomic E-state index is -0.558. The minimum Gasteiger partial charge on any atom is -0.507 e. The quantitative estimate of drug-likeness (QED) is 0.201. The topological polar surface area (TPSA) is 89.7 Å². The third-order valence-corrected chi connectivity index (χ3v) is 5.51. The molecule has 33 heavy (non-hydrogen) atoms. The fourth-order valence-corrected chi connectivity index (χ4v) is 3.83. The van der Waals surface area contributed by atoms with Gasteiger partial charge in [0.05, 0.1) is 28.7 Å². The molecule has 0 spiro atoms. The molecule has 7 heteroatoms. The highest BCUT2D eigenvalue weighted by atomic mass is 35.5. The lowest BCUT2D eigenvalue weighted by Gasteiger charge is -2.16. The molecule has 0 aliphatic carbocycles. The lowest BCUT2D eigenvalue weighted by atomic mass is 9.87. The molecule has 164 valence electrons. The summed E-state index contributed by atoms with van der Waals surface area (Å²) >= 11 is 5.94. The lowest BCUT2D eigenvalue weighted by Crippen LogP contribution is -2.08. The van der Waals surface area contributed by atoms with E-state index < -0.39 is 10.7 Å². The van der Waals surface area contributed by atoms with Gasteiger partial charge in [0.1, 0.15) is 11.5 Å². The van der Waals surface area contributed by atoms with Crippen molar-refractivity contribution in [2.75, 3.05) is 7.11 Å². The number of benzene rings is 4. The van der Waals surface area contributed by atoms with Crippen molar-refractivity contribution in [2.45, 2.75) is 0 Å². The number of nitro benzene ring substituents is 1. The highest BCUT2D eigenvalue weighted by Crippen LogP contribution is 2.46. The van der Waals surface area contributed by atoms with Crippen molar-refractivity contribution in [3.8, 4) is 33.8 Å². The van der Waals surface area contributed by atoms with Gasteiger partial charge in [-0.15, -0.1) is 0 Å². The number of phenolic OH excluding ortho intramolecular Hbond substituents is 1. The van der Waals surface area contributed by atoms with E-state index in [1.807, 2.05) is 0 Å². The molecular weight excluding hydrogens is 442 g/mol. The molecule has 0 atom stereocenters. The maximum Gasteiger partial charge on any atom is 0.285 e. The Morgan fingerprint density at radius 1 is 0.939 bits per heavy atom. The standard InChI is InChI=1S/C26H18ClNO5/c1-33-20-13-9-17(10-14-20)23-24(26(30)18-7-11-19(27)12-8-18)22(29)15-21(25(23)28(31)32)16-5-3-2-4-6-16/h2-15,29H,1H3. The highest BCUT2D eigenvalue weighted by Gasteiger charge is 2.31. The third kappa shape index (κ3) is 4.29. The van der Waals surface area contributed by atoms with Crippen LogP contribution < -0.4 is 4.74 Å². The summed E-state index contributed by atoms with van der Waals surface area (Å²) in [6, 6.07) is 22.6. The van der Waals surface area contributed by atoms with Gasteiger partial charge in [-0.05, 0) is 53.6 Å². The van der Waals surface area contributed by atoms with Crippen LogP contribution in [0.15, 0.2) is 84.9 Å². The van der Waals surface area contributed by atoms with Crippen LogP contribution in [0.2, 0.25) is 5.02 Å². The zero-order valence-electron chi connectivity index (χ0n) is 17.5. The first-order chi connectivity index (χ1) is 15.9. The number of phenols is 1. The van der Waals surface area contributed by atoms with E-state index in [2.05, 4.69) is 0 Å². The van der Waals surface area contributed by atoms with Crippen molar-refractivity contribution in [3.05, 3.63) is 111 Å². The van der Waals surface area contributed by atoms with Crippen molar-refractivity contribution in [1.82, 2.24) is 0 Å². The van der Waals surface area contributed by atoms with Gasteiger partial charge in [0, 0.05) is 10.6 Å². The molecule has 0 bridgehead atoms. The van der Waals surface area contributed by atoms with Gasteiger partial charge in [-0.1, -0.05) is 54.1 Å².